The van der Waals surface area contributed by atoms with Crippen LogP contribution in [0, 0.1) is 6.92 Å². The van der Waals surface area contributed by atoms with Gasteiger partial charge < -0.3 is 9.73 Å². The number of alkyl halides is 1. The van der Waals surface area contributed by atoms with Gasteiger partial charge in [0.1, 0.15) is 11.5 Å². The van der Waals surface area contributed by atoms with Gasteiger partial charge in [0, 0.05) is 17.7 Å². The molecule has 1 N–H and O–H groups in total. The normalized spacial score (nSPS) is 15.6. The van der Waals surface area contributed by atoms with Crippen LogP contribution in [0.5, 0.6) is 0 Å². The summed E-state index contributed by atoms with van der Waals surface area (Å²) >= 11 is 2.32. The molecule has 0 bridgehead atoms. The summed E-state index contributed by atoms with van der Waals surface area (Å²) in [5.41, 5.74) is 2.83. The molecule has 5 nitrogen and oxygen atoms in total. The van der Waals surface area contributed by atoms with Crippen molar-refractivity contribution in [3.05, 3.63) is 88.9 Å². The lowest BCUT2D eigenvalue weighted by molar-refractivity contribution is -0.122. The summed E-state index contributed by atoms with van der Waals surface area (Å²) in [5.74, 6) is 1.38. The van der Waals surface area contributed by atoms with Gasteiger partial charge in [-0.3, -0.25) is 14.5 Å². The number of benzene rings is 2. The van der Waals surface area contributed by atoms with Crippen molar-refractivity contribution in [2.75, 3.05) is 4.90 Å². The number of carbonyl (C=O) groups excluding carboxylic acids is 2. The lowest BCUT2D eigenvalue weighted by Crippen LogP contribution is -2.41. The predicted molar refractivity (Wildman–Crippen MR) is 130 cm³/mol. The van der Waals surface area contributed by atoms with Gasteiger partial charge in [-0.1, -0.05) is 59.0 Å². The Morgan fingerprint density at radius 2 is 1.87 bits per heavy atom. The maximum absolute atomic E-state index is 13.3. The predicted octanol–water partition coefficient (Wildman–Crippen LogP) is 5.15. The smallest absolute Gasteiger partial charge is 0.251 e. The Balaban J connectivity index is 1.59. The quantitative estimate of drug-likeness (QED) is 0.274. The van der Waals surface area contributed by atoms with E-state index in [1.165, 1.54) is 5.56 Å². The van der Waals surface area contributed by atoms with Crippen molar-refractivity contribution >= 4 is 40.1 Å². The van der Waals surface area contributed by atoms with Crippen LogP contribution in [0.25, 0.3) is 0 Å². The Kier molecular flexibility index (Phi) is 5.92. The molecule has 3 aromatic rings. The maximum atomic E-state index is 13.3. The van der Waals surface area contributed by atoms with Crippen molar-refractivity contribution in [1.29, 1.82) is 0 Å². The fraction of sp³-hybridized carbons (Fsp3) is 0.280. The van der Waals surface area contributed by atoms with Gasteiger partial charge in [-0.05, 0) is 56.2 Å². The minimum Gasteiger partial charge on any atom is -0.465 e. The Labute approximate surface area is 196 Å². The monoisotopic (exact) mass is 528 g/mol. The summed E-state index contributed by atoms with van der Waals surface area (Å²) in [6, 6.07) is 19.4. The van der Waals surface area contributed by atoms with Crippen LogP contribution in [0.2, 0.25) is 0 Å². The lowest BCUT2D eigenvalue weighted by atomic mass is 9.86. The molecule has 0 spiro atoms. The standard InChI is InChI=1S/C25H25IN2O3/c1-16-9-11-19(31-16)15-27-23(29)18-10-12-20-21(14-18)28(24(30)25(20,2)3)22(26)13-17-7-5-4-6-8-17/h4-12,14,22H,13,15H2,1-3H3,(H,27,29). The zero-order valence-corrected chi connectivity index (χ0v) is 20.0. The van der Waals surface area contributed by atoms with Crippen LogP contribution in [-0.2, 0) is 23.2 Å². The minimum atomic E-state index is -0.629. The van der Waals surface area contributed by atoms with E-state index >= 15 is 0 Å². The number of anilines is 1. The van der Waals surface area contributed by atoms with Crippen LogP contribution in [0.1, 0.15) is 46.9 Å². The molecule has 1 aliphatic rings. The third-order valence-electron chi connectivity index (χ3n) is 5.69. The number of furan rings is 1. The molecule has 2 heterocycles. The molecule has 0 fully saturated rings. The molecule has 0 saturated carbocycles. The zero-order valence-electron chi connectivity index (χ0n) is 17.8. The van der Waals surface area contributed by atoms with Crippen LogP contribution in [0.4, 0.5) is 5.69 Å². The number of nitrogens with zero attached hydrogens (tertiary/aromatic N) is 1. The number of amides is 2. The van der Waals surface area contributed by atoms with Gasteiger partial charge in [0.2, 0.25) is 5.91 Å². The van der Waals surface area contributed by atoms with E-state index in [4.69, 9.17) is 4.42 Å². The SMILES string of the molecule is Cc1ccc(CNC(=O)c2ccc3c(c2)N(C(I)Cc2ccccc2)C(=O)C3(C)C)o1. The third-order valence-corrected chi connectivity index (χ3v) is 6.69. The van der Waals surface area contributed by atoms with E-state index in [-0.39, 0.29) is 15.9 Å². The Hall–Kier alpha value is -2.61. The summed E-state index contributed by atoms with van der Waals surface area (Å²) in [6.07, 6.45) is 0.733. The molecule has 1 aliphatic heterocycles. The average Bonchev–Trinajstić information content (AvgIpc) is 3.25. The van der Waals surface area contributed by atoms with Gasteiger partial charge in [0.15, 0.2) is 0 Å². The molecule has 0 saturated heterocycles. The van der Waals surface area contributed by atoms with Crippen LogP contribution < -0.4 is 10.2 Å². The van der Waals surface area contributed by atoms with E-state index in [1.54, 1.807) is 6.07 Å². The van der Waals surface area contributed by atoms with Crippen LogP contribution in [0.3, 0.4) is 0 Å². The summed E-state index contributed by atoms with van der Waals surface area (Å²) in [4.78, 5) is 27.9. The number of carbonyl (C=O) groups is 2. The highest BCUT2D eigenvalue weighted by Crippen LogP contribution is 2.44. The summed E-state index contributed by atoms with van der Waals surface area (Å²) in [5, 5.41) is 2.90. The fourth-order valence-electron chi connectivity index (χ4n) is 3.95. The highest BCUT2D eigenvalue weighted by Gasteiger charge is 2.46. The first kappa shape index (κ1) is 21.6. The van der Waals surface area contributed by atoms with Crippen LogP contribution in [-0.4, -0.2) is 15.9 Å². The number of aryl methyl sites for hydroxylation is 1. The van der Waals surface area contributed by atoms with E-state index < -0.39 is 5.41 Å². The van der Waals surface area contributed by atoms with Crippen molar-refractivity contribution in [1.82, 2.24) is 5.32 Å². The number of hydrogen-bond donors (Lipinski definition) is 1. The first-order valence-corrected chi connectivity index (χ1v) is 11.5. The van der Waals surface area contributed by atoms with Gasteiger partial charge in [0.05, 0.1) is 16.0 Å². The molecule has 0 radical (unpaired) electrons. The largest absolute Gasteiger partial charge is 0.465 e. The highest BCUT2D eigenvalue weighted by molar-refractivity contribution is 14.1. The highest BCUT2D eigenvalue weighted by atomic mass is 127. The van der Waals surface area contributed by atoms with Crippen LogP contribution in [0.15, 0.2) is 65.1 Å². The van der Waals surface area contributed by atoms with Crippen molar-refractivity contribution in [2.45, 2.75) is 43.2 Å². The fourth-order valence-corrected chi connectivity index (χ4v) is 5.02. The second kappa shape index (κ2) is 8.49. The molecule has 1 atom stereocenters. The molecule has 160 valence electrons. The van der Waals surface area contributed by atoms with E-state index in [1.807, 2.05) is 68.1 Å². The second-order valence-electron chi connectivity index (χ2n) is 8.35. The number of fused-ring (bicyclic) bond motifs is 1. The van der Waals surface area contributed by atoms with Crippen molar-refractivity contribution in [3.63, 3.8) is 0 Å². The van der Waals surface area contributed by atoms with E-state index in [9.17, 15) is 9.59 Å². The van der Waals surface area contributed by atoms with Gasteiger partial charge in [-0.25, -0.2) is 0 Å². The van der Waals surface area contributed by atoms with Gasteiger partial charge in [0.25, 0.3) is 5.91 Å². The van der Waals surface area contributed by atoms with Gasteiger partial charge in [-0.2, -0.15) is 0 Å². The molecule has 1 aromatic heterocycles. The first-order valence-electron chi connectivity index (χ1n) is 10.3. The zero-order chi connectivity index (χ0) is 22.2. The van der Waals surface area contributed by atoms with E-state index in [0.717, 1.165) is 23.4 Å². The van der Waals surface area contributed by atoms with Gasteiger partial charge in [-0.15, -0.1) is 0 Å². The maximum Gasteiger partial charge on any atom is 0.251 e. The Bertz CT molecular complexity index is 1120. The molecule has 6 heteroatoms. The molecule has 31 heavy (non-hydrogen) atoms. The number of rotatable bonds is 6. The molecular weight excluding hydrogens is 503 g/mol. The number of halogens is 1. The number of hydrogen-bond acceptors (Lipinski definition) is 3. The van der Waals surface area contributed by atoms with Crippen LogP contribution >= 0.6 is 22.6 Å². The molecule has 2 amide bonds. The number of nitrogens with one attached hydrogen (secondary N) is 1. The molecule has 2 aromatic carbocycles. The van der Waals surface area contributed by atoms with Gasteiger partial charge >= 0.3 is 0 Å². The minimum absolute atomic E-state index is 0.0569. The third kappa shape index (κ3) is 4.26. The average molecular weight is 528 g/mol. The molecule has 0 aliphatic carbocycles. The van der Waals surface area contributed by atoms with Crippen molar-refractivity contribution < 1.29 is 14.0 Å². The second-order valence-corrected chi connectivity index (χ2v) is 9.79. The lowest BCUT2D eigenvalue weighted by Gasteiger charge is -2.26. The Morgan fingerprint density at radius 3 is 2.55 bits per heavy atom. The van der Waals surface area contributed by atoms with E-state index in [0.29, 0.717) is 17.9 Å². The first-order chi connectivity index (χ1) is 14.8. The summed E-state index contributed by atoms with van der Waals surface area (Å²) in [7, 11) is 0. The topological polar surface area (TPSA) is 62.6 Å². The molecular formula is C25H25IN2O3. The summed E-state index contributed by atoms with van der Waals surface area (Å²) in [6.45, 7) is 6.08. The van der Waals surface area contributed by atoms with E-state index in [2.05, 4.69) is 40.0 Å². The Morgan fingerprint density at radius 1 is 1.13 bits per heavy atom. The molecule has 1 unspecified atom stereocenters. The summed E-state index contributed by atoms with van der Waals surface area (Å²) < 4.78 is 5.46. The van der Waals surface area contributed by atoms with Crippen molar-refractivity contribution in [3.8, 4) is 0 Å². The molecule has 4 rings (SSSR count). The van der Waals surface area contributed by atoms with Crippen molar-refractivity contribution in [2.24, 2.45) is 0 Å².